The molecule has 18 heavy (non-hydrogen) atoms. The van der Waals surface area contributed by atoms with Gasteiger partial charge in [0, 0.05) is 13.1 Å². The van der Waals surface area contributed by atoms with Crippen molar-refractivity contribution in [2.75, 3.05) is 31.6 Å². The lowest BCUT2D eigenvalue weighted by molar-refractivity contribution is -0.148. The third-order valence-corrected chi connectivity index (χ3v) is 2.84. The van der Waals surface area contributed by atoms with E-state index in [1.54, 1.807) is 0 Å². The predicted octanol–water partition coefficient (Wildman–Crippen LogP) is 1.33. The Morgan fingerprint density at radius 2 is 2.11 bits per heavy atom. The number of aliphatic hydroxyl groups excluding tert-OH is 1. The first-order valence-corrected chi connectivity index (χ1v) is 6.22. The van der Waals surface area contributed by atoms with Crippen LogP contribution in [0.3, 0.4) is 0 Å². The van der Waals surface area contributed by atoms with Gasteiger partial charge in [0.25, 0.3) is 0 Å². The highest BCUT2D eigenvalue weighted by Crippen LogP contribution is 2.20. The smallest absolute Gasteiger partial charge is 0.395 e. The summed E-state index contributed by atoms with van der Waals surface area (Å²) in [5.74, 6) is 0. The Morgan fingerprint density at radius 1 is 1.39 bits per heavy atom. The normalized spacial score (nSPS) is 12.1. The molecule has 2 N–H and O–H groups in total. The molecule has 0 radical (unpaired) electrons. The van der Waals surface area contributed by atoms with E-state index in [-0.39, 0.29) is 19.7 Å². The van der Waals surface area contributed by atoms with Gasteiger partial charge >= 0.3 is 6.18 Å². The largest absolute Gasteiger partial charge is 0.401 e. The molecule has 0 fully saturated rings. The lowest BCUT2D eigenvalue weighted by Gasteiger charge is -2.21. The summed E-state index contributed by atoms with van der Waals surface area (Å²) >= 11 is 1.21. The van der Waals surface area contributed by atoms with Gasteiger partial charge in [0.05, 0.1) is 19.7 Å². The molecule has 0 bridgehead atoms. The molecule has 5 nitrogen and oxygen atoms in total. The van der Waals surface area contributed by atoms with Crippen LogP contribution in [0.15, 0.2) is 0 Å². The molecule has 0 amide bonds. The van der Waals surface area contributed by atoms with Crippen molar-refractivity contribution >= 4 is 16.5 Å². The van der Waals surface area contributed by atoms with Crippen molar-refractivity contribution in [3.8, 4) is 0 Å². The zero-order valence-electron chi connectivity index (χ0n) is 9.87. The van der Waals surface area contributed by atoms with Gasteiger partial charge < -0.3 is 10.4 Å². The van der Waals surface area contributed by atoms with Gasteiger partial charge in [-0.3, -0.25) is 4.90 Å². The van der Waals surface area contributed by atoms with E-state index in [2.05, 4.69) is 15.5 Å². The number of aromatic nitrogens is 2. The Kier molecular flexibility index (Phi) is 5.76. The molecular weight excluding hydrogens is 269 g/mol. The number of nitrogens with one attached hydrogen (secondary N) is 1. The molecule has 1 rings (SSSR count). The van der Waals surface area contributed by atoms with Crippen LogP contribution >= 0.6 is 11.3 Å². The highest BCUT2D eigenvalue weighted by molar-refractivity contribution is 7.15. The van der Waals surface area contributed by atoms with Crippen molar-refractivity contribution in [2.24, 2.45) is 0 Å². The Morgan fingerprint density at radius 3 is 2.67 bits per heavy atom. The summed E-state index contributed by atoms with van der Waals surface area (Å²) in [6.45, 7) is 1.16. The minimum absolute atomic E-state index is 0.0309. The molecule has 9 heteroatoms. The van der Waals surface area contributed by atoms with Gasteiger partial charge in [-0.1, -0.05) is 11.3 Å². The lowest BCUT2D eigenvalue weighted by atomic mass is 10.4. The maximum absolute atomic E-state index is 12.3. The SMILES string of the molecule is CCNc1nnc(CN(CCO)CC(F)(F)F)s1. The van der Waals surface area contributed by atoms with Crippen LogP contribution in [0.1, 0.15) is 11.9 Å². The number of halogens is 3. The molecule has 0 unspecified atom stereocenters. The Balaban J connectivity index is 2.58. The minimum atomic E-state index is -4.29. The summed E-state index contributed by atoms with van der Waals surface area (Å²) in [6, 6.07) is 0. The van der Waals surface area contributed by atoms with Gasteiger partial charge in [-0.2, -0.15) is 13.2 Å². The summed E-state index contributed by atoms with van der Waals surface area (Å²) in [4.78, 5) is 1.09. The fourth-order valence-corrected chi connectivity index (χ4v) is 2.19. The van der Waals surface area contributed by atoms with E-state index in [1.807, 2.05) is 6.92 Å². The van der Waals surface area contributed by atoms with Crippen molar-refractivity contribution in [1.29, 1.82) is 0 Å². The Hall–Kier alpha value is -0.930. The first kappa shape index (κ1) is 15.1. The van der Waals surface area contributed by atoms with Crippen molar-refractivity contribution in [2.45, 2.75) is 19.6 Å². The van der Waals surface area contributed by atoms with E-state index in [0.717, 1.165) is 4.90 Å². The fourth-order valence-electron chi connectivity index (χ4n) is 1.34. The molecule has 0 aliphatic rings. The Bertz CT molecular complexity index is 358. The van der Waals surface area contributed by atoms with E-state index in [9.17, 15) is 13.2 Å². The maximum Gasteiger partial charge on any atom is 0.401 e. The van der Waals surface area contributed by atoms with Crippen LogP contribution < -0.4 is 5.32 Å². The van der Waals surface area contributed by atoms with Crippen LogP contribution in [-0.2, 0) is 6.54 Å². The maximum atomic E-state index is 12.3. The average Bonchev–Trinajstić information content (AvgIpc) is 2.64. The molecule has 0 aliphatic carbocycles. The number of anilines is 1. The molecule has 0 saturated heterocycles. The van der Waals surface area contributed by atoms with Crippen molar-refractivity contribution < 1.29 is 18.3 Å². The first-order chi connectivity index (χ1) is 8.44. The first-order valence-electron chi connectivity index (χ1n) is 5.41. The van der Waals surface area contributed by atoms with Crippen LogP contribution in [0.25, 0.3) is 0 Å². The third kappa shape index (κ3) is 5.61. The highest BCUT2D eigenvalue weighted by Gasteiger charge is 2.30. The zero-order valence-corrected chi connectivity index (χ0v) is 10.7. The van der Waals surface area contributed by atoms with Crippen molar-refractivity contribution in [1.82, 2.24) is 15.1 Å². The number of hydrogen-bond acceptors (Lipinski definition) is 6. The van der Waals surface area contributed by atoms with Gasteiger partial charge in [0.2, 0.25) is 5.13 Å². The predicted molar refractivity (Wildman–Crippen MR) is 62.5 cm³/mol. The summed E-state index contributed by atoms with van der Waals surface area (Å²) in [5, 5.41) is 20.4. The molecule has 1 aromatic rings. The van der Waals surface area contributed by atoms with Crippen LogP contribution in [-0.4, -0.2) is 52.6 Å². The topological polar surface area (TPSA) is 61.3 Å². The van der Waals surface area contributed by atoms with Crippen LogP contribution in [0.4, 0.5) is 18.3 Å². The van der Waals surface area contributed by atoms with E-state index in [4.69, 9.17) is 5.11 Å². The fraction of sp³-hybridized carbons (Fsp3) is 0.778. The average molecular weight is 284 g/mol. The second-order valence-corrected chi connectivity index (χ2v) is 4.64. The highest BCUT2D eigenvalue weighted by atomic mass is 32.1. The summed E-state index contributed by atoms with van der Waals surface area (Å²) in [5.41, 5.74) is 0. The monoisotopic (exact) mass is 284 g/mol. The molecule has 0 aromatic carbocycles. The number of alkyl halides is 3. The summed E-state index contributed by atoms with van der Waals surface area (Å²) < 4.78 is 36.9. The van der Waals surface area contributed by atoms with E-state index < -0.39 is 12.7 Å². The molecule has 1 heterocycles. The standard InChI is InChI=1S/C9H15F3N4OS/c1-2-13-8-15-14-7(18-8)5-16(3-4-17)6-9(10,11)12/h17H,2-6H2,1H3,(H,13,15). The lowest BCUT2D eigenvalue weighted by Crippen LogP contribution is -2.35. The second kappa shape index (κ2) is 6.86. The molecule has 1 aromatic heterocycles. The van der Waals surface area contributed by atoms with Crippen LogP contribution in [0, 0.1) is 0 Å². The number of nitrogens with zero attached hydrogens (tertiary/aromatic N) is 3. The van der Waals surface area contributed by atoms with E-state index in [0.29, 0.717) is 16.7 Å². The van der Waals surface area contributed by atoms with E-state index in [1.165, 1.54) is 11.3 Å². The second-order valence-electron chi connectivity index (χ2n) is 3.58. The van der Waals surface area contributed by atoms with Gasteiger partial charge in [-0.25, -0.2) is 0 Å². The third-order valence-electron chi connectivity index (χ3n) is 1.97. The zero-order chi connectivity index (χ0) is 13.6. The Labute approximate surface area is 107 Å². The van der Waals surface area contributed by atoms with Crippen molar-refractivity contribution in [3.05, 3.63) is 5.01 Å². The molecule has 0 aliphatic heterocycles. The molecular formula is C9H15F3N4OS. The summed E-state index contributed by atoms with van der Waals surface area (Å²) in [7, 11) is 0. The minimum Gasteiger partial charge on any atom is -0.395 e. The molecule has 104 valence electrons. The molecule has 0 spiro atoms. The molecule has 0 atom stereocenters. The number of hydrogen-bond donors (Lipinski definition) is 2. The van der Waals surface area contributed by atoms with Gasteiger partial charge in [0.15, 0.2) is 0 Å². The van der Waals surface area contributed by atoms with Gasteiger partial charge in [-0.15, -0.1) is 10.2 Å². The number of rotatable bonds is 7. The van der Waals surface area contributed by atoms with Gasteiger partial charge in [-0.05, 0) is 6.92 Å². The molecule has 0 saturated carbocycles. The van der Waals surface area contributed by atoms with E-state index >= 15 is 0 Å². The number of aliphatic hydroxyl groups is 1. The van der Waals surface area contributed by atoms with Gasteiger partial charge in [0.1, 0.15) is 5.01 Å². The van der Waals surface area contributed by atoms with Crippen LogP contribution in [0.5, 0.6) is 0 Å². The van der Waals surface area contributed by atoms with Crippen LogP contribution in [0.2, 0.25) is 0 Å². The quantitative estimate of drug-likeness (QED) is 0.791. The summed E-state index contributed by atoms with van der Waals surface area (Å²) in [6.07, 6.45) is -4.29. The van der Waals surface area contributed by atoms with Crippen molar-refractivity contribution in [3.63, 3.8) is 0 Å².